The molecule has 3 rings (SSSR count). The van der Waals surface area contributed by atoms with Crippen LogP contribution in [0.5, 0.6) is 0 Å². The van der Waals surface area contributed by atoms with E-state index in [2.05, 4.69) is 4.90 Å². The van der Waals surface area contributed by atoms with Gasteiger partial charge in [0.1, 0.15) is 10.5 Å². The molecular formula is C19H22FN3OS. The van der Waals surface area contributed by atoms with Crippen molar-refractivity contribution in [2.45, 2.75) is 45.9 Å². The van der Waals surface area contributed by atoms with Crippen LogP contribution in [-0.2, 0) is 13.2 Å². The molecule has 0 saturated heterocycles. The van der Waals surface area contributed by atoms with Crippen molar-refractivity contribution in [2.24, 2.45) is 5.73 Å². The molecule has 1 amide bonds. The Hall–Kier alpha value is -2.05. The number of aromatic nitrogens is 1. The summed E-state index contributed by atoms with van der Waals surface area (Å²) in [6.07, 6.45) is 2.28. The topological polar surface area (TPSA) is 51.3 Å². The summed E-state index contributed by atoms with van der Waals surface area (Å²) in [5, 5.41) is 0. The average Bonchev–Trinajstić information content (AvgIpc) is 3.36. The number of aryl methyl sites for hydroxylation is 2. The summed E-state index contributed by atoms with van der Waals surface area (Å²) in [5.74, 6) is -0.725. The van der Waals surface area contributed by atoms with Gasteiger partial charge in [0.05, 0.1) is 12.2 Å². The van der Waals surface area contributed by atoms with Crippen LogP contribution in [0.3, 0.4) is 0 Å². The molecule has 1 fully saturated rings. The standard InChI is InChI=1S/C19H22FN3OS/c1-12-9-13(2)23(19(25)17(12)18(21)24)11-22(16-7-8-16)10-14-3-5-15(20)6-4-14/h3-6,9,16H,7-8,10-11H2,1-2H3,(H2,21,24). The number of benzene rings is 1. The smallest absolute Gasteiger partial charge is 0.251 e. The third-order valence-electron chi connectivity index (χ3n) is 4.64. The van der Waals surface area contributed by atoms with Crippen LogP contribution in [-0.4, -0.2) is 21.4 Å². The zero-order valence-corrected chi connectivity index (χ0v) is 15.3. The number of hydrogen-bond acceptors (Lipinski definition) is 3. The number of primary amides is 1. The number of halogens is 1. The maximum absolute atomic E-state index is 13.1. The lowest BCUT2D eigenvalue weighted by atomic mass is 10.1. The minimum Gasteiger partial charge on any atom is -0.365 e. The largest absolute Gasteiger partial charge is 0.365 e. The number of nitrogens with two attached hydrogens (primary N) is 1. The van der Waals surface area contributed by atoms with Crippen LogP contribution in [0.4, 0.5) is 4.39 Å². The van der Waals surface area contributed by atoms with Crippen molar-refractivity contribution in [2.75, 3.05) is 0 Å². The maximum atomic E-state index is 13.1. The quantitative estimate of drug-likeness (QED) is 0.800. The lowest BCUT2D eigenvalue weighted by molar-refractivity contribution is 0.0997. The van der Waals surface area contributed by atoms with Gasteiger partial charge in [-0.15, -0.1) is 0 Å². The van der Waals surface area contributed by atoms with E-state index in [0.29, 0.717) is 29.5 Å². The molecule has 0 spiro atoms. The van der Waals surface area contributed by atoms with Crippen molar-refractivity contribution in [3.8, 4) is 0 Å². The molecule has 0 atom stereocenters. The van der Waals surface area contributed by atoms with E-state index >= 15 is 0 Å². The Balaban J connectivity index is 1.90. The third kappa shape index (κ3) is 3.96. The van der Waals surface area contributed by atoms with Crippen LogP contribution < -0.4 is 5.73 Å². The minimum atomic E-state index is -0.493. The number of rotatable bonds is 6. The Labute approximate surface area is 152 Å². The number of carbonyl (C=O) groups is 1. The van der Waals surface area contributed by atoms with Gasteiger partial charge < -0.3 is 10.3 Å². The van der Waals surface area contributed by atoms with Crippen LogP contribution in [0.25, 0.3) is 0 Å². The van der Waals surface area contributed by atoms with Gasteiger partial charge in [-0.25, -0.2) is 4.39 Å². The maximum Gasteiger partial charge on any atom is 0.251 e. The Morgan fingerprint density at radius 2 is 1.96 bits per heavy atom. The van der Waals surface area contributed by atoms with Crippen molar-refractivity contribution in [3.63, 3.8) is 0 Å². The average molecular weight is 359 g/mol. The minimum absolute atomic E-state index is 0.232. The molecule has 132 valence electrons. The van der Waals surface area contributed by atoms with E-state index < -0.39 is 5.91 Å². The molecule has 1 aliphatic carbocycles. The van der Waals surface area contributed by atoms with Gasteiger partial charge in [-0.2, -0.15) is 0 Å². The predicted octanol–water partition coefficient (Wildman–Crippen LogP) is 3.69. The monoisotopic (exact) mass is 359 g/mol. The summed E-state index contributed by atoms with van der Waals surface area (Å²) in [5.41, 5.74) is 8.78. The second kappa shape index (κ2) is 7.06. The summed E-state index contributed by atoms with van der Waals surface area (Å²) in [4.78, 5) is 14.1. The van der Waals surface area contributed by atoms with E-state index in [1.165, 1.54) is 12.1 Å². The zero-order valence-electron chi connectivity index (χ0n) is 14.5. The van der Waals surface area contributed by atoms with E-state index in [-0.39, 0.29) is 5.82 Å². The molecule has 0 aliphatic heterocycles. The second-order valence-corrected chi connectivity index (χ2v) is 7.07. The third-order valence-corrected chi connectivity index (χ3v) is 5.06. The van der Waals surface area contributed by atoms with Crippen LogP contribution >= 0.6 is 12.2 Å². The Morgan fingerprint density at radius 1 is 1.32 bits per heavy atom. The highest BCUT2D eigenvalue weighted by Gasteiger charge is 2.29. The van der Waals surface area contributed by atoms with Crippen LogP contribution in [0.1, 0.15) is 40.0 Å². The first-order valence-electron chi connectivity index (χ1n) is 8.36. The Kier molecular flexibility index (Phi) is 5.01. The van der Waals surface area contributed by atoms with Gasteiger partial charge >= 0.3 is 0 Å². The molecule has 6 heteroatoms. The first-order valence-corrected chi connectivity index (χ1v) is 8.77. The Bertz CT molecular complexity index is 856. The molecule has 0 unspecified atom stereocenters. The molecule has 1 aromatic carbocycles. The fraction of sp³-hybridized carbons (Fsp3) is 0.368. The lowest BCUT2D eigenvalue weighted by Crippen LogP contribution is -2.30. The molecule has 2 aromatic rings. The van der Waals surface area contributed by atoms with Crippen LogP contribution in [0.15, 0.2) is 30.3 Å². The first-order chi connectivity index (χ1) is 11.9. The summed E-state index contributed by atoms with van der Waals surface area (Å²) >= 11 is 5.54. The van der Waals surface area contributed by atoms with Crippen LogP contribution in [0.2, 0.25) is 0 Å². The van der Waals surface area contributed by atoms with E-state index in [4.69, 9.17) is 18.0 Å². The lowest BCUT2D eigenvalue weighted by Gasteiger charge is -2.26. The van der Waals surface area contributed by atoms with E-state index in [1.54, 1.807) is 12.1 Å². The highest BCUT2D eigenvalue weighted by Crippen LogP contribution is 2.29. The molecule has 1 aromatic heterocycles. The van der Waals surface area contributed by atoms with E-state index in [1.807, 2.05) is 24.5 Å². The van der Waals surface area contributed by atoms with Crippen molar-refractivity contribution >= 4 is 18.1 Å². The summed E-state index contributed by atoms with van der Waals surface area (Å²) in [6.45, 7) is 5.14. The molecule has 0 radical (unpaired) electrons. The molecule has 2 N–H and O–H groups in total. The van der Waals surface area contributed by atoms with Gasteiger partial charge in [0.25, 0.3) is 5.91 Å². The number of amides is 1. The molecule has 1 saturated carbocycles. The molecule has 25 heavy (non-hydrogen) atoms. The van der Waals surface area contributed by atoms with Gasteiger partial charge in [-0.05, 0) is 56.0 Å². The summed E-state index contributed by atoms with van der Waals surface area (Å²) in [6, 6.07) is 9.01. The van der Waals surface area contributed by atoms with Crippen molar-refractivity contribution in [1.29, 1.82) is 0 Å². The fourth-order valence-electron chi connectivity index (χ4n) is 3.14. The molecule has 4 nitrogen and oxygen atoms in total. The van der Waals surface area contributed by atoms with Crippen LogP contribution in [0, 0.1) is 24.3 Å². The number of nitrogens with zero attached hydrogens (tertiary/aromatic N) is 2. The van der Waals surface area contributed by atoms with Gasteiger partial charge in [0.2, 0.25) is 0 Å². The number of carbonyl (C=O) groups excluding carboxylic acids is 1. The predicted molar refractivity (Wildman–Crippen MR) is 98.2 cm³/mol. The van der Waals surface area contributed by atoms with Crippen molar-refractivity contribution in [3.05, 3.63) is 63.2 Å². The molecule has 1 heterocycles. The fourth-order valence-corrected chi connectivity index (χ4v) is 3.61. The highest BCUT2D eigenvalue weighted by atomic mass is 32.1. The highest BCUT2D eigenvalue weighted by molar-refractivity contribution is 7.71. The van der Waals surface area contributed by atoms with Gasteiger partial charge in [0.15, 0.2) is 0 Å². The van der Waals surface area contributed by atoms with Gasteiger partial charge in [0, 0.05) is 18.3 Å². The molecular weight excluding hydrogens is 337 g/mol. The van der Waals surface area contributed by atoms with Crippen molar-refractivity contribution in [1.82, 2.24) is 9.47 Å². The number of hydrogen-bond donors (Lipinski definition) is 1. The molecule has 0 bridgehead atoms. The Morgan fingerprint density at radius 3 is 2.52 bits per heavy atom. The van der Waals surface area contributed by atoms with E-state index in [0.717, 1.165) is 29.7 Å². The summed E-state index contributed by atoms with van der Waals surface area (Å²) in [7, 11) is 0. The zero-order chi connectivity index (χ0) is 18.1. The second-order valence-electron chi connectivity index (χ2n) is 6.69. The first kappa shape index (κ1) is 17.8. The number of pyridine rings is 1. The van der Waals surface area contributed by atoms with Gasteiger partial charge in [-0.3, -0.25) is 9.69 Å². The van der Waals surface area contributed by atoms with Gasteiger partial charge in [-0.1, -0.05) is 24.4 Å². The van der Waals surface area contributed by atoms with E-state index in [9.17, 15) is 9.18 Å². The SMILES string of the molecule is Cc1cc(C)n(CN(Cc2ccc(F)cc2)C2CC2)c(=S)c1C(N)=O. The normalized spacial score (nSPS) is 14.1. The molecule has 1 aliphatic rings. The van der Waals surface area contributed by atoms with Crippen molar-refractivity contribution < 1.29 is 9.18 Å². The summed E-state index contributed by atoms with van der Waals surface area (Å²) < 4.78 is 15.6.